The summed E-state index contributed by atoms with van der Waals surface area (Å²) in [6, 6.07) is 12.9. The van der Waals surface area contributed by atoms with E-state index < -0.39 is 0 Å². The molecule has 0 aliphatic carbocycles. The van der Waals surface area contributed by atoms with Gasteiger partial charge in [0.1, 0.15) is 5.75 Å². The standard InChI is InChI=1S/C19H14N2O2S/c1-2-5-13-10-12(8-9-16(13)22)11-17-18(23)21-15-7-4-3-6-14(15)20-19(21)24-17/h2-4,6-11,22H,1,5H2. The predicted molar refractivity (Wildman–Crippen MR) is 97.6 cm³/mol. The minimum atomic E-state index is -0.0676. The number of aromatic hydroxyl groups is 1. The van der Waals surface area contributed by atoms with E-state index in [0.717, 1.165) is 22.2 Å². The number of fused-ring (bicyclic) bond motifs is 3. The van der Waals surface area contributed by atoms with E-state index in [0.29, 0.717) is 15.9 Å². The quantitative estimate of drug-likeness (QED) is 0.586. The summed E-state index contributed by atoms with van der Waals surface area (Å²) in [5, 5.41) is 9.85. The van der Waals surface area contributed by atoms with Crippen LogP contribution in [0.15, 0.2) is 59.9 Å². The van der Waals surface area contributed by atoms with E-state index in [1.807, 2.05) is 36.4 Å². The normalized spacial score (nSPS) is 12.2. The Morgan fingerprint density at radius 3 is 2.92 bits per heavy atom. The average molecular weight is 334 g/mol. The lowest BCUT2D eigenvalue weighted by Crippen LogP contribution is -2.22. The number of nitrogens with zero attached hydrogens (tertiary/aromatic N) is 2. The molecule has 4 nitrogen and oxygen atoms in total. The van der Waals surface area contributed by atoms with Crippen molar-refractivity contribution in [3.63, 3.8) is 0 Å². The highest BCUT2D eigenvalue weighted by molar-refractivity contribution is 7.15. The largest absolute Gasteiger partial charge is 0.508 e. The molecule has 118 valence electrons. The van der Waals surface area contributed by atoms with Gasteiger partial charge in [-0.25, -0.2) is 9.38 Å². The molecule has 2 heterocycles. The number of benzene rings is 2. The summed E-state index contributed by atoms with van der Waals surface area (Å²) in [6.45, 7) is 3.69. The van der Waals surface area contributed by atoms with Gasteiger partial charge in [0, 0.05) is 0 Å². The maximum absolute atomic E-state index is 12.7. The van der Waals surface area contributed by atoms with Crippen molar-refractivity contribution in [2.24, 2.45) is 0 Å². The smallest absolute Gasteiger partial charge is 0.274 e. The van der Waals surface area contributed by atoms with Crippen LogP contribution in [0.4, 0.5) is 0 Å². The van der Waals surface area contributed by atoms with Gasteiger partial charge < -0.3 is 5.11 Å². The summed E-state index contributed by atoms with van der Waals surface area (Å²) in [7, 11) is 0. The summed E-state index contributed by atoms with van der Waals surface area (Å²) < 4.78 is 2.27. The van der Waals surface area contributed by atoms with Gasteiger partial charge in [0.05, 0.1) is 15.6 Å². The second-order valence-corrected chi connectivity index (χ2v) is 6.52. The van der Waals surface area contributed by atoms with Gasteiger partial charge in [0.2, 0.25) is 0 Å². The van der Waals surface area contributed by atoms with Crippen LogP contribution in [-0.2, 0) is 6.42 Å². The molecule has 2 aromatic carbocycles. The number of para-hydroxylation sites is 2. The Kier molecular flexibility index (Phi) is 3.43. The van der Waals surface area contributed by atoms with Gasteiger partial charge in [-0.1, -0.05) is 35.6 Å². The summed E-state index contributed by atoms with van der Waals surface area (Å²) in [4.78, 5) is 17.9. The number of rotatable bonds is 3. The van der Waals surface area contributed by atoms with Crippen molar-refractivity contribution in [3.05, 3.63) is 81.1 Å². The van der Waals surface area contributed by atoms with Crippen LogP contribution in [0, 0.1) is 0 Å². The minimum Gasteiger partial charge on any atom is -0.508 e. The van der Waals surface area contributed by atoms with E-state index in [4.69, 9.17) is 0 Å². The Bertz CT molecular complexity index is 1190. The lowest BCUT2D eigenvalue weighted by atomic mass is 10.1. The number of aromatic nitrogens is 2. The van der Waals surface area contributed by atoms with Crippen molar-refractivity contribution in [2.75, 3.05) is 0 Å². The summed E-state index contributed by atoms with van der Waals surface area (Å²) >= 11 is 1.37. The first-order valence-corrected chi connectivity index (χ1v) is 8.33. The number of allylic oxidation sites excluding steroid dienone is 1. The molecular formula is C19H14N2O2S. The first kappa shape index (κ1) is 14.7. The van der Waals surface area contributed by atoms with Crippen LogP contribution in [0.25, 0.3) is 22.1 Å². The molecule has 4 rings (SSSR count). The fourth-order valence-corrected chi connectivity index (χ4v) is 3.76. The molecule has 0 radical (unpaired) electrons. The molecule has 0 aliphatic rings. The molecule has 0 spiro atoms. The Morgan fingerprint density at radius 2 is 2.08 bits per heavy atom. The van der Waals surface area contributed by atoms with Crippen molar-refractivity contribution in [1.82, 2.24) is 9.38 Å². The third-order valence-corrected chi connectivity index (χ3v) is 4.88. The highest BCUT2D eigenvalue weighted by atomic mass is 32.1. The van der Waals surface area contributed by atoms with Crippen molar-refractivity contribution in [1.29, 1.82) is 0 Å². The first-order chi connectivity index (χ1) is 11.7. The molecule has 0 bridgehead atoms. The fraction of sp³-hybridized carbons (Fsp3) is 0.0526. The zero-order chi connectivity index (χ0) is 16.7. The predicted octanol–water partition coefficient (Wildman–Crippen LogP) is 2.89. The number of imidazole rings is 1. The summed E-state index contributed by atoms with van der Waals surface area (Å²) in [6.07, 6.45) is 4.15. The first-order valence-electron chi connectivity index (χ1n) is 7.52. The number of hydrogen-bond donors (Lipinski definition) is 1. The molecule has 0 unspecified atom stereocenters. The zero-order valence-corrected chi connectivity index (χ0v) is 13.6. The Hall–Kier alpha value is -2.92. The fourth-order valence-electron chi connectivity index (χ4n) is 2.78. The molecule has 1 N–H and O–H groups in total. The van der Waals surface area contributed by atoms with Crippen LogP contribution in [0.5, 0.6) is 5.75 Å². The molecule has 0 fully saturated rings. The van der Waals surface area contributed by atoms with E-state index in [9.17, 15) is 9.90 Å². The molecule has 0 amide bonds. The topological polar surface area (TPSA) is 54.6 Å². The van der Waals surface area contributed by atoms with Gasteiger partial charge in [-0.3, -0.25) is 4.79 Å². The Labute approximate surface area is 141 Å². The third-order valence-electron chi connectivity index (χ3n) is 3.91. The van der Waals surface area contributed by atoms with Crippen molar-refractivity contribution >= 4 is 33.4 Å². The molecule has 4 aromatic rings. The highest BCUT2D eigenvalue weighted by Gasteiger charge is 2.10. The van der Waals surface area contributed by atoms with Gasteiger partial charge in [-0.2, -0.15) is 0 Å². The van der Waals surface area contributed by atoms with Crippen LogP contribution in [-0.4, -0.2) is 14.5 Å². The van der Waals surface area contributed by atoms with Gasteiger partial charge in [0.15, 0.2) is 4.96 Å². The highest BCUT2D eigenvalue weighted by Crippen LogP contribution is 2.20. The van der Waals surface area contributed by atoms with Crippen LogP contribution >= 0.6 is 11.3 Å². The lowest BCUT2D eigenvalue weighted by molar-refractivity contribution is 0.469. The monoisotopic (exact) mass is 334 g/mol. The maximum atomic E-state index is 12.7. The van der Waals surface area contributed by atoms with E-state index in [2.05, 4.69) is 11.6 Å². The average Bonchev–Trinajstić information content (AvgIpc) is 3.08. The van der Waals surface area contributed by atoms with Gasteiger partial charge in [0.25, 0.3) is 5.56 Å². The molecule has 5 heteroatoms. The van der Waals surface area contributed by atoms with Crippen molar-refractivity contribution in [2.45, 2.75) is 6.42 Å². The molecule has 0 atom stereocenters. The van der Waals surface area contributed by atoms with Gasteiger partial charge in [-0.05, 0) is 47.9 Å². The lowest BCUT2D eigenvalue weighted by Gasteiger charge is -2.02. The molecule has 0 saturated heterocycles. The number of phenols is 1. The molecule has 0 aliphatic heterocycles. The number of hydrogen-bond acceptors (Lipinski definition) is 4. The number of thiazole rings is 1. The second kappa shape index (κ2) is 5.62. The minimum absolute atomic E-state index is 0.0676. The Morgan fingerprint density at radius 1 is 1.25 bits per heavy atom. The van der Waals surface area contributed by atoms with E-state index >= 15 is 0 Å². The van der Waals surface area contributed by atoms with Crippen molar-refractivity contribution in [3.8, 4) is 5.75 Å². The molecule has 2 aromatic heterocycles. The van der Waals surface area contributed by atoms with Gasteiger partial charge >= 0.3 is 0 Å². The van der Waals surface area contributed by atoms with E-state index in [1.165, 1.54) is 11.3 Å². The van der Waals surface area contributed by atoms with Crippen LogP contribution in [0.3, 0.4) is 0 Å². The molecular weight excluding hydrogens is 320 g/mol. The van der Waals surface area contributed by atoms with E-state index in [1.54, 1.807) is 22.6 Å². The maximum Gasteiger partial charge on any atom is 0.274 e. The molecule has 24 heavy (non-hydrogen) atoms. The molecule has 0 saturated carbocycles. The number of phenolic OH excluding ortho intramolecular Hbond substituents is 1. The van der Waals surface area contributed by atoms with E-state index in [-0.39, 0.29) is 11.3 Å². The van der Waals surface area contributed by atoms with Gasteiger partial charge in [-0.15, -0.1) is 6.58 Å². The zero-order valence-electron chi connectivity index (χ0n) is 12.8. The summed E-state index contributed by atoms with van der Waals surface area (Å²) in [5.74, 6) is 0.237. The Balaban J connectivity index is 1.92. The van der Waals surface area contributed by atoms with Crippen molar-refractivity contribution < 1.29 is 5.11 Å². The van der Waals surface area contributed by atoms with Crippen LogP contribution in [0.2, 0.25) is 0 Å². The SMILES string of the molecule is C=CCc1cc(C=c2sc3nc4ccccc4n3c2=O)ccc1O. The third kappa shape index (κ3) is 2.30. The van der Waals surface area contributed by atoms with Crippen LogP contribution in [0.1, 0.15) is 11.1 Å². The second-order valence-electron chi connectivity index (χ2n) is 5.52. The van der Waals surface area contributed by atoms with Crippen LogP contribution < -0.4 is 10.1 Å². The summed E-state index contributed by atoms with van der Waals surface area (Å²) in [5.41, 5.74) is 3.24.